The van der Waals surface area contributed by atoms with Gasteiger partial charge in [0.1, 0.15) is 0 Å². The highest BCUT2D eigenvalue weighted by molar-refractivity contribution is 5.98. The van der Waals surface area contributed by atoms with Crippen molar-refractivity contribution < 1.29 is 28.6 Å². The molecule has 0 atom stereocenters. The van der Waals surface area contributed by atoms with Gasteiger partial charge >= 0.3 is 5.97 Å². The molecule has 0 aromatic heterocycles. The van der Waals surface area contributed by atoms with Crippen molar-refractivity contribution in [3.8, 4) is 11.5 Å². The number of anilines is 1. The summed E-state index contributed by atoms with van der Waals surface area (Å²) in [7, 11) is 0. The number of ether oxygens (including phenoxy) is 3. The summed E-state index contributed by atoms with van der Waals surface area (Å²) in [5.74, 6) is -0.0990. The summed E-state index contributed by atoms with van der Waals surface area (Å²) in [6.07, 6.45) is 0.655. The molecule has 0 spiro atoms. The number of rotatable bonds is 7. The van der Waals surface area contributed by atoms with Crippen molar-refractivity contribution in [2.45, 2.75) is 33.1 Å². The molecular weight excluding hydrogens is 386 g/mol. The van der Waals surface area contributed by atoms with Crippen LogP contribution in [0, 0.1) is 13.8 Å². The van der Waals surface area contributed by atoms with Crippen LogP contribution < -0.4 is 14.8 Å². The van der Waals surface area contributed by atoms with Crippen molar-refractivity contribution in [3.05, 3.63) is 53.1 Å². The number of fused-ring (bicyclic) bond motifs is 1. The first-order chi connectivity index (χ1) is 14.4. The molecule has 1 aliphatic heterocycles. The highest BCUT2D eigenvalue weighted by atomic mass is 16.5. The van der Waals surface area contributed by atoms with E-state index < -0.39 is 18.5 Å². The van der Waals surface area contributed by atoms with Crippen LogP contribution in [0.2, 0.25) is 0 Å². The number of hydrogen-bond donors (Lipinski definition) is 1. The third kappa shape index (κ3) is 5.83. The Morgan fingerprint density at radius 3 is 2.47 bits per heavy atom. The Labute approximate surface area is 175 Å². The second-order valence-corrected chi connectivity index (χ2v) is 7.14. The Balaban J connectivity index is 1.44. The number of carbonyl (C=O) groups is 3. The van der Waals surface area contributed by atoms with Gasteiger partial charge in [0, 0.05) is 24.1 Å². The second-order valence-electron chi connectivity index (χ2n) is 7.14. The zero-order valence-electron chi connectivity index (χ0n) is 17.2. The molecule has 0 radical (unpaired) electrons. The van der Waals surface area contributed by atoms with Gasteiger partial charge in [-0.05, 0) is 55.3 Å². The van der Waals surface area contributed by atoms with Crippen LogP contribution in [-0.4, -0.2) is 37.5 Å². The van der Waals surface area contributed by atoms with Crippen LogP contribution in [0.3, 0.4) is 0 Å². The zero-order valence-corrected chi connectivity index (χ0v) is 17.2. The Bertz CT molecular complexity index is 953. The highest BCUT2D eigenvalue weighted by Gasteiger charge is 2.16. The Kier molecular flexibility index (Phi) is 7.06. The van der Waals surface area contributed by atoms with Gasteiger partial charge in [-0.25, -0.2) is 0 Å². The monoisotopic (exact) mass is 411 g/mol. The zero-order chi connectivity index (χ0) is 21.5. The van der Waals surface area contributed by atoms with Gasteiger partial charge in [-0.1, -0.05) is 6.07 Å². The molecule has 1 amide bonds. The molecule has 0 unspecified atom stereocenters. The molecule has 0 saturated carbocycles. The number of esters is 1. The van der Waals surface area contributed by atoms with E-state index in [4.69, 9.17) is 14.2 Å². The first-order valence-corrected chi connectivity index (χ1v) is 9.88. The van der Waals surface area contributed by atoms with Gasteiger partial charge in [-0.2, -0.15) is 0 Å². The predicted octanol–water partition coefficient (Wildman–Crippen LogP) is 3.61. The van der Waals surface area contributed by atoms with Gasteiger partial charge in [0.25, 0.3) is 5.91 Å². The first-order valence-electron chi connectivity index (χ1n) is 9.88. The lowest BCUT2D eigenvalue weighted by Crippen LogP contribution is -2.21. The minimum atomic E-state index is -0.604. The van der Waals surface area contributed by atoms with E-state index in [1.807, 2.05) is 26.0 Å². The fraction of sp³-hybridized carbons (Fsp3) is 0.348. The number of nitrogens with one attached hydrogen (secondary N) is 1. The number of Topliss-reactive ketones (excluding diaryl/α,β-unsaturated/α-hetero) is 1. The lowest BCUT2D eigenvalue weighted by Gasteiger charge is -2.09. The molecule has 2 aromatic carbocycles. The van der Waals surface area contributed by atoms with Crippen molar-refractivity contribution in [2.24, 2.45) is 0 Å². The summed E-state index contributed by atoms with van der Waals surface area (Å²) < 4.78 is 16.1. The topological polar surface area (TPSA) is 90.9 Å². The summed E-state index contributed by atoms with van der Waals surface area (Å²) in [6.45, 7) is 4.63. The quantitative estimate of drug-likeness (QED) is 0.553. The summed E-state index contributed by atoms with van der Waals surface area (Å²) in [6, 6.07) is 10.5. The summed E-state index contributed by atoms with van der Waals surface area (Å²) in [5.41, 5.74) is 3.26. The molecule has 7 heteroatoms. The maximum atomic E-state index is 12.4. The van der Waals surface area contributed by atoms with Crippen LogP contribution in [0.25, 0.3) is 0 Å². The maximum absolute atomic E-state index is 12.4. The molecule has 0 bridgehead atoms. The van der Waals surface area contributed by atoms with Crippen molar-refractivity contribution in [2.75, 3.05) is 25.1 Å². The third-order valence-electron chi connectivity index (χ3n) is 4.78. The predicted molar refractivity (Wildman–Crippen MR) is 111 cm³/mol. The van der Waals surface area contributed by atoms with Gasteiger partial charge in [-0.15, -0.1) is 0 Å². The van der Waals surface area contributed by atoms with Gasteiger partial charge in [0.2, 0.25) is 0 Å². The van der Waals surface area contributed by atoms with E-state index in [2.05, 4.69) is 5.32 Å². The fourth-order valence-corrected chi connectivity index (χ4v) is 2.93. The SMILES string of the molecule is Cc1ccc(NC(=O)COC(=O)CCC(=O)c2ccc3c(c2)OCCCO3)cc1C. The lowest BCUT2D eigenvalue weighted by atomic mass is 10.1. The number of hydrogen-bond acceptors (Lipinski definition) is 6. The number of benzene rings is 2. The molecule has 2 aromatic rings. The molecule has 3 rings (SSSR count). The average Bonchev–Trinajstić information content (AvgIpc) is 2.98. The second kappa shape index (κ2) is 9.91. The number of aryl methyl sites for hydroxylation is 2. The van der Waals surface area contributed by atoms with E-state index in [0.717, 1.165) is 17.5 Å². The van der Waals surface area contributed by atoms with Crippen LogP contribution in [0.5, 0.6) is 11.5 Å². The summed E-state index contributed by atoms with van der Waals surface area (Å²) >= 11 is 0. The van der Waals surface area contributed by atoms with Gasteiger partial charge in [0.15, 0.2) is 23.9 Å². The fourth-order valence-electron chi connectivity index (χ4n) is 2.93. The van der Waals surface area contributed by atoms with E-state index in [0.29, 0.717) is 36.0 Å². The van der Waals surface area contributed by atoms with Crippen LogP contribution in [0.1, 0.15) is 40.7 Å². The number of carbonyl (C=O) groups excluding carboxylic acids is 3. The van der Waals surface area contributed by atoms with Crippen LogP contribution in [0.4, 0.5) is 5.69 Å². The molecule has 0 aliphatic carbocycles. The largest absolute Gasteiger partial charge is 0.490 e. The van der Waals surface area contributed by atoms with Crippen LogP contribution in [-0.2, 0) is 14.3 Å². The molecular formula is C23H25NO6. The third-order valence-corrected chi connectivity index (χ3v) is 4.78. The minimum Gasteiger partial charge on any atom is -0.490 e. The van der Waals surface area contributed by atoms with E-state index in [1.54, 1.807) is 24.3 Å². The van der Waals surface area contributed by atoms with E-state index in [1.165, 1.54) is 0 Å². The van der Waals surface area contributed by atoms with Gasteiger partial charge < -0.3 is 19.5 Å². The Hall–Kier alpha value is -3.35. The summed E-state index contributed by atoms with van der Waals surface area (Å²) in [5, 5.41) is 2.68. The van der Waals surface area contributed by atoms with Crippen molar-refractivity contribution in [3.63, 3.8) is 0 Å². The Morgan fingerprint density at radius 2 is 1.70 bits per heavy atom. The molecule has 30 heavy (non-hydrogen) atoms. The molecule has 0 fully saturated rings. The summed E-state index contributed by atoms with van der Waals surface area (Å²) in [4.78, 5) is 36.2. The number of ketones is 1. The average molecular weight is 411 g/mol. The van der Waals surface area contributed by atoms with Crippen LogP contribution >= 0.6 is 0 Å². The molecule has 1 aliphatic rings. The smallest absolute Gasteiger partial charge is 0.306 e. The van der Waals surface area contributed by atoms with Crippen LogP contribution in [0.15, 0.2) is 36.4 Å². The molecule has 1 heterocycles. The maximum Gasteiger partial charge on any atom is 0.306 e. The molecule has 158 valence electrons. The van der Waals surface area contributed by atoms with Gasteiger partial charge in [0.05, 0.1) is 19.6 Å². The van der Waals surface area contributed by atoms with Gasteiger partial charge in [-0.3, -0.25) is 14.4 Å². The van der Waals surface area contributed by atoms with E-state index in [9.17, 15) is 14.4 Å². The highest BCUT2D eigenvalue weighted by Crippen LogP contribution is 2.30. The first kappa shape index (κ1) is 21.4. The number of amides is 1. The standard InChI is InChI=1S/C23H25NO6/c1-15-4-6-18(12-16(15)2)24-22(26)14-30-23(27)9-7-19(25)17-5-8-20-21(13-17)29-11-3-10-28-20/h4-6,8,12-13H,3,7,9-11,14H2,1-2H3,(H,24,26). The normalized spacial score (nSPS) is 12.6. The van der Waals surface area contributed by atoms with E-state index >= 15 is 0 Å². The minimum absolute atomic E-state index is 0.0166. The molecule has 7 nitrogen and oxygen atoms in total. The van der Waals surface area contributed by atoms with Crippen molar-refractivity contribution >= 4 is 23.3 Å². The molecule has 1 N–H and O–H groups in total. The van der Waals surface area contributed by atoms with Crippen molar-refractivity contribution in [1.29, 1.82) is 0 Å². The van der Waals surface area contributed by atoms with Crippen molar-refractivity contribution in [1.82, 2.24) is 0 Å². The lowest BCUT2D eigenvalue weighted by molar-refractivity contribution is -0.147. The Morgan fingerprint density at radius 1 is 0.933 bits per heavy atom. The van der Waals surface area contributed by atoms with E-state index in [-0.39, 0.29) is 18.6 Å². The molecule has 0 saturated heterocycles.